The van der Waals surface area contributed by atoms with Crippen LogP contribution in [-0.4, -0.2) is 39.9 Å². The summed E-state index contributed by atoms with van der Waals surface area (Å²) in [5, 5.41) is 12.9. The van der Waals surface area contributed by atoms with Crippen LogP contribution >= 0.6 is 11.6 Å². The van der Waals surface area contributed by atoms with Crippen LogP contribution < -0.4 is 5.73 Å². The molecule has 3 N–H and O–H groups in total. The molecule has 0 bridgehead atoms. The van der Waals surface area contributed by atoms with Crippen LogP contribution in [-0.2, 0) is 6.54 Å². The van der Waals surface area contributed by atoms with Crippen molar-refractivity contribution in [2.24, 2.45) is 0 Å². The summed E-state index contributed by atoms with van der Waals surface area (Å²) >= 11 is 6.57. The maximum atomic E-state index is 6.57. The molecule has 0 aliphatic heterocycles. The fourth-order valence-corrected chi connectivity index (χ4v) is 4.32. The van der Waals surface area contributed by atoms with E-state index >= 15 is 0 Å². The summed E-state index contributed by atoms with van der Waals surface area (Å²) in [6, 6.07) is 13.5. The molecule has 166 valence electrons. The molecule has 4 aromatic heterocycles. The number of benzene rings is 2. The van der Waals surface area contributed by atoms with Crippen LogP contribution in [0.25, 0.3) is 44.6 Å². The highest BCUT2D eigenvalue weighted by Gasteiger charge is 2.21. The first-order valence-electron chi connectivity index (χ1n) is 10.6. The molecule has 2 aromatic carbocycles. The lowest BCUT2D eigenvalue weighted by molar-refractivity contribution is 0.692. The lowest BCUT2D eigenvalue weighted by atomic mass is 10.1. The smallest absolute Gasteiger partial charge is 0.164 e. The molecule has 0 saturated heterocycles. The number of aromatic nitrogens is 8. The van der Waals surface area contributed by atoms with Gasteiger partial charge in [0.05, 0.1) is 45.6 Å². The minimum absolute atomic E-state index is 0.308. The Bertz CT molecular complexity index is 1670. The summed E-state index contributed by atoms with van der Waals surface area (Å²) in [7, 11) is 0. The van der Waals surface area contributed by atoms with Gasteiger partial charge in [-0.1, -0.05) is 41.9 Å². The first-order chi connectivity index (χ1) is 16.6. The number of para-hydroxylation sites is 1. The van der Waals surface area contributed by atoms with Crippen LogP contribution in [0.2, 0.25) is 5.02 Å². The predicted octanol–water partition coefficient (Wildman–Crippen LogP) is 4.42. The van der Waals surface area contributed by atoms with Crippen molar-refractivity contribution in [2.45, 2.75) is 13.5 Å². The second kappa shape index (κ2) is 7.89. The quantitative estimate of drug-likeness (QED) is 0.393. The zero-order chi connectivity index (χ0) is 23.2. The van der Waals surface area contributed by atoms with Crippen LogP contribution in [0.15, 0.2) is 61.2 Å². The number of anilines is 1. The number of halogens is 1. The fourth-order valence-electron chi connectivity index (χ4n) is 4.10. The van der Waals surface area contributed by atoms with E-state index in [4.69, 9.17) is 32.4 Å². The van der Waals surface area contributed by atoms with Crippen molar-refractivity contribution in [2.75, 3.05) is 5.73 Å². The van der Waals surface area contributed by atoms with Crippen molar-refractivity contribution in [1.82, 2.24) is 39.9 Å². The van der Waals surface area contributed by atoms with Gasteiger partial charge in [0.25, 0.3) is 0 Å². The van der Waals surface area contributed by atoms with Crippen LogP contribution in [0.4, 0.5) is 5.82 Å². The molecule has 0 aliphatic rings. The molecule has 0 amide bonds. The van der Waals surface area contributed by atoms with E-state index in [0.717, 1.165) is 33.4 Å². The van der Waals surface area contributed by atoms with Gasteiger partial charge in [-0.25, -0.2) is 24.6 Å². The van der Waals surface area contributed by atoms with E-state index in [0.29, 0.717) is 39.8 Å². The Morgan fingerprint density at radius 3 is 2.74 bits per heavy atom. The molecule has 34 heavy (non-hydrogen) atoms. The van der Waals surface area contributed by atoms with E-state index < -0.39 is 0 Å². The Hall–Kier alpha value is -4.37. The molecule has 0 fully saturated rings. The third-order valence-electron chi connectivity index (χ3n) is 5.73. The zero-order valence-corrected chi connectivity index (χ0v) is 18.8. The van der Waals surface area contributed by atoms with E-state index in [9.17, 15) is 0 Å². The number of aromatic amines is 1. The maximum Gasteiger partial charge on any atom is 0.164 e. The number of fused-ring (bicyclic) bond motifs is 2. The van der Waals surface area contributed by atoms with Gasteiger partial charge in [0.15, 0.2) is 5.65 Å². The number of nitrogens with zero attached hydrogens (tertiary/aromatic N) is 7. The predicted molar refractivity (Wildman–Crippen MR) is 131 cm³/mol. The average Bonchev–Trinajstić information content (AvgIpc) is 3.49. The molecule has 10 heteroatoms. The van der Waals surface area contributed by atoms with Crippen molar-refractivity contribution < 1.29 is 0 Å². The van der Waals surface area contributed by atoms with Gasteiger partial charge in [-0.15, -0.1) is 0 Å². The molecule has 0 spiro atoms. The molecular weight excluding hydrogens is 450 g/mol. The lowest BCUT2D eigenvalue weighted by Crippen LogP contribution is -2.09. The minimum Gasteiger partial charge on any atom is -0.383 e. The number of aryl methyl sites for hydroxylation is 1. The largest absolute Gasteiger partial charge is 0.383 e. The van der Waals surface area contributed by atoms with E-state index in [1.807, 2.05) is 49.4 Å². The number of hydrogen-bond acceptors (Lipinski definition) is 7. The topological polar surface area (TPSA) is 124 Å². The summed E-state index contributed by atoms with van der Waals surface area (Å²) in [4.78, 5) is 18.6. The second-order valence-corrected chi connectivity index (χ2v) is 8.30. The first-order valence-corrected chi connectivity index (χ1v) is 10.9. The molecule has 0 aliphatic carbocycles. The highest BCUT2D eigenvalue weighted by Crippen LogP contribution is 2.33. The van der Waals surface area contributed by atoms with Crippen LogP contribution in [0.5, 0.6) is 0 Å². The van der Waals surface area contributed by atoms with Gasteiger partial charge >= 0.3 is 0 Å². The normalized spacial score (nSPS) is 11.5. The standard InChI is InChI=1S/C24H18ClN9/c1-13-5-4-8-17-20(13)32-18(22(31-17)15-6-2-3-7-16(15)25)11-34-24-19(23(26)27-12-28-24)21(33-34)14-9-29-30-10-14/h2-10,12H,11H2,1H3,(H,29,30)(H2,26,27,28). The fraction of sp³-hybridized carbons (Fsp3) is 0.0833. The molecule has 0 saturated carbocycles. The molecule has 6 aromatic rings. The van der Waals surface area contributed by atoms with Gasteiger partial charge in [0.2, 0.25) is 0 Å². The number of nitrogens with one attached hydrogen (secondary N) is 1. The van der Waals surface area contributed by atoms with Crippen LogP contribution in [0, 0.1) is 6.92 Å². The second-order valence-electron chi connectivity index (χ2n) is 7.89. The SMILES string of the molecule is Cc1cccc2nc(-c3ccccc3Cl)c(Cn3nc(-c4cn[nH]c4)c4c(N)ncnc43)nc12. The lowest BCUT2D eigenvalue weighted by Gasteiger charge is -2.13. The van der Waals surface area contributed by atoms with E-state index in [-0.39, 0.29) is 0 Å². The van der Waals surface area contributed by atoms with Gasteiger partial charge in [-0.3, -0.25) is 5.10 Å². The third kappa shape index (κ3) is 3.25. The highest BCUT2D eigenvalue weighted by molar-refractivity contribution is 6.33. The van der Waals surface area contributed by atoms with Gasteiger partial charge in [0.1, 0.15) is 17.8 Å². The molecule has 0 atom stereocenters. The summed E-state index contributed by atoms with van der Waals surface area (Å²) in [5.74, 6) is 0.346. The number of rotatable bonds is 4. The summed E-state index contributed by atoms with van der Waals surface area (Å²) in [5.41, 5.74) is 13.1. The molecular formula is C24H18ClN9. The molecule has 6 rings (SSSR count). The zero-order valence-electron chi connectivity index (χ0n) is 18.1. The Labute approximate surface area is 198 Å². The number of hydrogen-bond donors (Lipinski definition) is 2. The van der Waals surface area contributed by atoms with E-state index in [2.05, 4.69) is 20.2 Å². The van der Waals surface area contributed by atoms with Crippen molar-refractivity contribution >= 4 is 39.5 Å². The maximum absolute atomic E-state index is 6.57. The number of nitrogens with two attached hydrogens (primary N) is 1. The average molecular weight is 468 g/mol. The Kier molecular flexibility index (Phi) is 4.70. The summed E-state index contributed by atoms with van der Waals surface area (Å²) < 4.78 is 1.77. The number of nitrogen functional groups attached to an aromatic ring is 1. The molecule has 4 heterocycles. The van der Waals surface area contributed by atoms with E-state index in [1.165, 1.54) is 6.33 Å². The van der Waals surface area contributed by atoms with Crippen molar-refractivity contribution in [1.29, 1.82) is 0 Å². The minimum atomic E-state index is 0.308. The van der Waals surface area contributed by atoms with Gasteiger partial charge < -0.3 is 5.73 Å². The van der Waals surface area contributed by atoms with Crippen molar-refractivity contribution in [3.63, 3.8) is 0 Å². The Morgan fingerprint density at radius 2 is 1.91 bits per heavy atom. The van der Waals surface area contributed by atoms with E-state index in [1.54, 1.807) is 17.1 Å². The van der Waals surface area contributed by atoms with Gasteiger partial charge in [-0.05, 0) is 24.6 Å². The van der Waals surface area contributed by atoms with Gasteiger partial charge in [0, 0.05) is 17.3 Å². The van der Waals surface area contributed by atoms with Crippen LogP contribution in [0.1, 0.15) is 11.3 Å². The van der Waals surface area contributed by atoms with Crippen LogP contribution in [0.3, 0.4) is 0 Å². The Balaban J connectivity index is 1.60. The molecule has 0 unspecified atom stereocenters. The Morgan fingerprint density at radius 1 is 1.03 bits per heavy atom. The highest BCUT2D eigenvalue weighted by atomic mass is 35.5. The monoisotopic (exact) mass is 467 g/mol. The summed E-state index contributed by atoms with van der Waals surface area (Å²) in [6.45, 7) is 2.33. The molecule has 9 nitrogen and oxygen atoms in total. The first kappa shape index (κ1) is 20.3. The van der Waals surface area contributed by atoms with Crippen molar-refractivity contribution in [3.8, 4) is 22.5 Å². The number of H-pyrrole nitrogens is 1. The summed E-state index contributed by atoms with van der Waals surface area (Å²) in [6.07, 6.45) is 4.88. The molecule has 0 radical (unpaired) electrons. The van der Waals surface area contributed by atoms with Gasteiger partial charge in [-0.2, -0.15) is 10.2 Å². The third-order valence-corrected chi connectivity index (χ3v) is 6.06. The van der Waals surface area contributed by atoms with Crippen molar-refractivity contribution in [3.05, 3.63) is 77.5 Å².